The Morgan fingerprint density at radius 3 is 1.96 bits per heavy atom. The molecule has 0 aliphatic rings. The Morgan fingerprint density at radius 1 is 0.750 bits per heavy atom. The molecule has 2 nitrogen and oxygen atoms in total. The van der Waals surface area contributed by atoms with Crippen LogP contribution in [0.3, 0.4) is 0 Å². The molecule has 0 aliphatic heterocycles. The molecule has 0 spiro atoms. The first-order valence-corrected chi connectivity index (χ1v) is 7.52. The fraction of sp³-hybridized carbons (Fsp3) is 0.0500. The van der Waals surface area contributed by atoms with E-state index < -0.39 is 23.2 Å². The van der Waals surface area contributed by atoms with Gasteiger partial charge in [-0.25, -0.2) is 8.78 Å². The van der Waals surface area contributed by atoms with Crippen LogP contribution in [-0.4, -0.2) is 5.91 Å². The highest BCUT2D eigenvalue weighted by molar-refractivity contribution is 5.92. The van der Waals surface area contributed by atoms with E-state index in [4.69, 9.17) is 0 Å². The minimum atomic E-state index is -0.789. The number of para-hydroxylation sites is 1. The number of hydrogen-bond acceptors (Lipinski definition) is 1. The number of rotatable bonds is 4. The van der Waals surface area contributed by atoms with Crippen LogP contribution in [0.1, 0.15) is 5.56 Å². The smallest absolute Gasteiger partial charge is 0.228 e. The molecule has 24 heavy (non-hydrogen) atoms. The lowest BCUT2D eigenvalue weighted by molar-refractivity contribution is -0.115. The highest BCUT2D eigenvalue weighted by Gasteiger charge is 2.12. The van der Waals surface area contributed by atoms with Gasteiger partial charge in [0.25, 0.3) is 0 Å². The van der Waals surface area contributed by atoms with Gasteiger partial charge < -0.3 is 5.32 Å². The van der Waals surface area contributed by atoms with Crippen molar-refractivity contribution in [3.05, 3.63) is 90.0 Å². The third-order valence-corrected chi connectivity index (χ3v) is 3.65. The minimum absolute atomic E-state index is 0.0445. The van der Waals surface area contributed by atoms with E-state index in [0.29, 0.717) is 0 Å². The van der Waals surface area contributed by atoms with Crippen LogP contribution in [0.25, 0.3) is 11.1 Å². The Labute approximate surface area is 138 Å². The molecule has 120 valence electrons. The SMILES string of the molecule is O=C(Cc1ccc(-c2ccccc2)cc1)Nc1c(F)cccc1F. The molecule has 0 fully saturated rings. The van der Waals surface area contributed by atoms with Crippen LogP contribution in [0.4, 0.5) is 14.5 Å². The molecule has 0 radical (unpaired) electrons. The molecular weight excluding hydrogens is 308 g/mol. The molecule has 0 unspecified atom stereocenters. The van der Waals surface area contributed by atoms with E-state index in [9.17, 15) is 13.6 Å². The summed E-state index contributed by atoms with van der Waals surface area (Å²) >= 11 is 0. The largest absolute Gasteiger partial charge is 0.321 e. The lowest BCUT2D eigenvalue weighted by Gasteiger charge is -2.08. The number of nitrogens with one attached hydrogen (secondary N) is 1. The van der Waals surface area contributed by atoms with Crippen molar-refractivity contribution in [2.24, 2.45) is 0 Å². The van der Waals surface area contributed by atoms with Gasteiger partial charge in [0.05, 0.1) is 6.42 Å². The van der Waals surface area contributed by atoms with Gasteiger partial charge in [-0.15, -0.1) is 0 Å². The number of hydrogen-bond donors (Lipinski definition) is 1. The summed E-state index contributed by atoms with van der Waals surface area (Å²) in [5, 5.41) is 2.28. The summed E-state index contributed by atoms with van der Waals surface area (Å²) < 4.78 is 27.1. The van der Waals surface area contributed by atoms with E-state index in [-0.39, 0.29) is 6.42 Å². The molecule has 0 aromatic heterocycles. The summed E-state index contributed by atoms with van der Waals surface area (Å²) in [6, 6.07) is 20.8. The zero-order chi connectivity index (χ0) is 16.9. The van der Waals surface area contributed by atoms with Crippen LogP contribution >= 0.6 is 0 Å². The van der Waals surface area contributed by atoms with Crippen LogP contribution in [0.5, 0.6) is 0 Å². The third-order valence-electron chi connectivity index (χ3n) is 3.65. The zero-order valence-electron chi connectivity index (χ0n) is 12.8. The molecule has 0 saturated carbocycles. The first-order chi connectivity index (χ1) is 11.6. The molecule has 3 rings (SSSR count). The van der Waals surface area contributed by atoms with Crippen LogP contribution in [0, 0.1) is 11.6 Å². The van der Waals surface area contributed by atoms with Crippen molar-refractivity contribution in [1.29, 1.82) is 0 Å². The van der Waals surface area contributed by atoms with Crippen LogP contribution in [0.15, 0.2) is 72.8 Å². The van der Waals surface area contributed by atoms with Gasteiger partial charge in [-0.1, -0.05) is 60.7 Å². The maximum atomic E-state index is 13.5. The number of carbonyl (C=O) groups excluding carboxylic acids is 1. The van der Waals surface area contributed by atoms with Crippen molar-refractivity contribution in [3.8, 4) is 11.1 Å². The normalized spacial score (nSPS) is 10.4. The predicted molar refractivity (Wildman–Crippen MR) is 90.6 cm³/mol. The zero-order valence-corrected chi connectivity index (χ0v) is 12.8. The van der Waals surface area contributed by atoms with Crippen molar-refractivity contribution < 1.29 is 13.6 Å². The Balaban J connectivity index is 1.69. The van der Waals surface area contributed by atoms with Crippen molar-refractivity contribution >= 4 is 11.6 Å². The fourth-order valence-corrected chi connectivity index (χ4v) is 2.43. The van der Waals surface area contributed by atoms with Crippen LogP contribution in [-0.2, 0) is 11.2 Å². The standard InChI is InChI=1S/C20H15F2NO/c21-17-7-4-8-18(22)20(17)23-19(24)13-14-9-11-16(12-10-14)15-5-2-1-3-6-15/h1-12H,13H2,(H,23,24). The maximum Gasteiger partial charge on any atom is 0.228 e. The molecule has 0 aliphatic carbocycles. The second-order valence-corrected chi connectivity index (χ2v) is 5.38. The number of amides is 1. The summed E-state index contributed by atoms with van der Waals surface area (Å²) in [5.74, 6) is -2.04. The second-order valence-electron chi connectivity index (χ2n) is 5.38. The Hall–Kier alpha value is -3.01. The Morgan fingerprint density at radius 2 is 1.33 bits per heavy atom. The van der Waals surface area contributed by atoms with Crippen molar-refractivity contribution in [3.63, 3.8) is 0 Å². The van der Waals surface area contributed by atoms with Gasteiger partial charge in [0.2, 0.25) is 5.91 Å². The number of anilines is 1. The average Bonchev–Trinajstić information content (AvgIpc) is 2.60. The van der Waals surface area contributed by atoms with Crippen molar-refractivity contribution in [1.82, 2.24) is 0 Å². The molecule has 3 aromatic rings. The van der Waals surface area contributed by atoms with E-state index in [0.717, 1.165) is 28.8 Å². The van der Waals surface area contributed by atoms with Crippen LogP contribution in [0.2, 0.25) is 0 Å². The van der Waals surface area contributed by atoms with Gasteiger partial charge in [0.1, 0.15) is 17.3 Å². The first kappa shape index (κ1) is 15.9. The van der Waals surface area contributed by atoms with E-state index in [2.05, 4.69) is 5.32 Å². The lowest BCUT2D eigenvalue weighted by atomic mass is 10.0. The van der Waals surface area contributed by atoms with Gasteiger partial charge >= 0.3 is 0 Å². The van der Waals surface area contributed by atoms with Gasteiger partial charge in [0.15, 0.2) is 0 Å². The molecule has 0 heterocycles. The Bertz CT molecular complexity index is 825. The summed E-state index contributed by atoms with van der Waals surface area (Å²) in [6.07, 6.45) is 0.0445. The molecule has 1 amide bonds. The summed E-state index contributed by atoms with van der Waals surface area (Å²) in [5.41, 5.74) is 2.48. The number of carbonyl (C=O) groups is 1. The van der Waals surface area contributed by atoms with E-state index in [1.54, 1.807) is 0 Å². The van der Waals surface area contributed by atoms with Crippen molar-refractivity contribution in [2.75, 3.05) is 5.32 Å². The third kappa shape index (κ3) is 3.66. The monoisotopic (exact) mass is 323 g/mol. The van der Waals surface area contributed by atoms with E-state index in [1.165, 1.54) is 6.07 Å². The fourth-order valence-electron chi connectivity index (χ4n) is 2.43. The molecule has 4 heteroatoms. The number of benzene rings is 3. The lowest BCUT2D eigenvalue weighted by Crippen LogP contribution is -2.16. The first-order valence-electron chi connectivity index (χ1n) is 7.52. The quantitative estimate of drug-likeness (QED) is 0.733. The molecule has 0 saturated heterocycles. The highest BCUT2D eigenvalue weighted by atomic mass is 19.1. The second kappa shape index (κ2) is 7.04. The van der Waals surface area contributed by atoms with Gasteiger partial charge in [-0.2, -0.15) is 0 Å². The number of halogens is 2. The topological polar surface area (TPSA) is 29.1 Å². The molecule has 1 N–H and O–H groups in total. The highest BCUT2D eigenvalue weighted by Crippen LogP contribution is 2.21. The van der Waals surface area contributed by atoms with E-state index >= 15 is 0 Å². The van der Waals surface area contributed by atoms with Crippen LogP contribution < -0.4 is 5.32 Å². The Kier molecular flexibility index (Phi) is 4.66. The maximum absolute atomic E-state index is 13.5. The molecule has 0 atom stereocenters. The predicted octanol–water partition coefficient (Wildman–Crippen LogP) is 4.81. The van der Waals surface area contributed by atoms with Gasteiger partial charge in [-0.3, -0.25) is 4.79 Å². The minimum Gasteiger partial charge on any atom is -0.321 e. The molecular formula is C20H15F2NO. The van der Waals surface area contributed by atoms with E-state index in [1.807, 2.05) is 54.6 Å². The van der Waals surface area contributed by atoms with Gasteiger partial charge in [0, 0.05) is 0 Å². The molecule has 0 bridgehead atoms. The molecule has 3 aromatic carbocycles. The van der Waals surface area contributed by atoms with Crippen molar-refractivity contribution in [2.45, 2.75) is 6.42 Å². The van der Waals surface area contributed by atoms with Gasteiger partial charge in [-0.05, 0) is 28.8 Å². The summed E-state index contributed by atoms with van der Waals surface area (Å²) in [7, 11) is 0. The summed E-state index contributed by atoms with van der Waals surface area (Å²) in [6.45, 7) is 0. The summed E-state index contributed by atoms with van der Waals surface area (Å²) in [4.78, 5) is 12.0. The average molecular weight is 323 g/mol.